The molecule has 0 saturated carbocycles. The highest BCUT2D eigenvalue weighted by molar-refractivity contribution is 6.02. The Morgan fingerprint density at radius 1 is 0.943 bits per heavy atom. The van der Waals surface area contributed by atoms with Crippen LogP contribution in [0.3, 0.4) is 0 Å². The Morgan fingerprint density at radius 2 is 1.66 bits per heavy atom. The lowest BCUT2D eigenvalue weighted by Gasteiger charge is -2.45. The van der Waals surface area contributed by atoms with Gasteiger partial charge in [0.15, 0.2) is 11.5 Å². The maximum absolute atomic E-state index is 13.8. The molecule has 0 bridgehead atoms. The highest BCUT2D eigenvalue weighted by atomic mass is 16.5. The number of hydrogen-bond donors (Lipinski definition) is 1. The van der Waals surface area contributed by atoms with E-state index in [4.69, 9.17) is 14.2 Å². The van der Waals surface area contributed by atoms with E-state index in [0.29, 0.717) is 35.7 Å². The normalized spacial score (nSPS) is 18.1. The molecule has 5 rings (SSSR count). The van der Waals surface area contributed by atoms with Crippen molar-refractivity contribution in [1.29, 1.82) is 0 Å². The third-order valence-electron chi connectivity index (χ3n) is 6.94. The minimum atomic E-state index is -0.595. The first kappa shape index (κ1) is 22.8. The van der Waals surface area contributed by atoms with Crippen LogP contribution in [-0.4, -0.2) is 44.6 Å². The van der Waals surface area contributed by atoms with Crippen molar-refractivity contribution in [3.63, 3.8) is 0 Å². The van der Waals surface area contributed by atoms with Crippen LogP contribution < -0.4 is 19.5 Å². The average molecular weight is 473 g/mol. The van der Waals surface area contributed by atoms with E-state index in [-0.39, 0.29) is 11.8 Å². The van der Waals surface area contributed by atoms with Crippen LogP contribution in [0.15, 0.2) is 60.7 Å². The Hall–Kier alpha value is -4.00. The van der Waals surface area contributed by atoms with Gasteiger partial charge in [-0.1, -0.05) is 36.4 Å². The first-order valence-electron chi connectivity index (χ1n) is 11.6. The fourth-order valence-corrected chi connectivity index (χ4v) is 5.17. The number of carbonyl (C=O) groups excluding carboxylic acids is 2. The van der Waals surface area contributed by atoms with Gasteiger partial charge in [-0.15, -0.1) is 0 Å². The summed E-state index contributed by atoms with van der Waals surface area (Å²) in [6.45, 7) is 0.917. The Balaban J connectivity index is 1.57. The standard InChI is InChI=1S/C28H28N2O5/c1-33-19-10-8-17(9-11-19)16-29-27(31)25-21-14-23(34-2)24(35-3)15-22(21)28(32)30-13-12-18-6-4-5-7-20(18)26(25)30/h4-11,14-15,25-26H,12-13,16H2,1-3H3,(H,29,31). The molecule has 35 heavy (non-hydrogen) atoms. The number of nitrogens with zero attached hydrogens (tertiary/aromatic N) is 1. The molecule has 0 aliphatic carbocycles. The molecule has 0 radical (unpaired) electrons. The van der Waals surface area contributed by atoms with E-state index in [1.54, 1.807) is 26.4 Å². The molecule has 2 aliphatic heterocycles. The number of amides is 2. The van der Waals surface area contributed by atoms with E-state index < -0.39 is 12.0 Å². The van der Waals surface area contributed by atoms with Crippen molar-refractivity contribution < 1.29 is 23.8 Å². The second-order valence-corrected chi connectivity index (χ2v) is 8.73. The number of nitrogens with one attached hydrogen (secondary N) is 1. The van der Waals surface area contributed by atoms with Gasteiger partial charge in [0, 0.05) is 18.7 Å². The molecule has 2 aliphatic rings. The number of methoxy groups -OCH3 is 3. The molecule has 7 heteroatoms. The number of ether oxygens (including phenoxy) is 3. The second-order valence-electron chi connectivity index (χ2n) is 8.73. The molecule has 2 unspecified atom stereocenters. The van der Waals surface area contributed by atoms with Crippen molar-refractivity contribution in [1.82, 2.24) is 10.2 Å². The quantitative estimate of drug-likeness (QED) is 0.590. The van der Waals surface area contributed by atoms with E-state index in [9.17, 15) is 9.59 Å². The van der Waals surface area contributed by atoms with E-state index in [0.717, 1.165) is 23.3 Å². The van der Waals surface area contributed by atoms with Gasteiger partial charge in [-0.2, -0.15) is 0 Å². The Labute approximate surface area is 204 Å². The SMILES string of the molecule is COc1ccc(CNC(=O)C2c3cc(OC)c(OC)cc3C(=O)N3CCc4ccccc4C23)cc1. The van der Waals surface area contributed by atoms with Crippen molar-refractivity contribution in [2.45, 2.75) is 24.9 Å². The van der Waals surface area contributed by atoms with E-state index >= 15 is 0 Å². The second kappa shape index (κ2) is 9.33. The molecule has 0 saturated heterocycles. The number of hydrogen-bond acceptors (Lipinski definition) is 5. The van der Waals surface area contributed by atoms with E-state index in [2.05, 4.69) is 11.4 Å². The fraction of sp³-hybridized carbons (Fsp3) is 0.286. The fourth-order valence-electron chi connectivity index (χ4n) is 5.17. The maximum Gasteiger partial charge on any atom is 0.254 e. The van der Waals surface area contributed by atoms with Crippen LogP contribution in [0.5, 0.6) is 17.2 Å². The molecule has 3 aromatic rings. The molecule has 2 atom stereocenters. The molecular formula is C28H28N2O5. The zero-order chi connectivity index (χ0) is 24.5. The van der Waals surface area contributed by atoms with Crippen LogP contribution >= 0.6 is 0 Å². The van der Waals surface area contributed by atoms with Gasteiger partial charge < -0.3 is 24.4 Å². The summed E-state index contributed by atoms with van der Waals surface area (Å²) >= 11 is 0. The van der Waals surface area contributed by atoms with Crippen molar-refractivity contribution in [2.75, 3.05) is 27.9 Å². The average Bonchev–Trinajstić information content (AvgIpc) is 2.91. The molecule has 0 spiro atoms. The minimum absolute atomic E-state index is 0.0975. The summed E-state index contributed by atoms with van der Waals surface area (Å²) in [5.41, 5.74) is 4.26. The molecule has 7 nitrogen and oxygen atoms in total. The zero-order valence-electron chi connectivity index (χ0n) is 20.0. The first-order valence-corrected chi connectivity index (χ1v) is 11.6. The topological polar surface area (TPSA) is 77.1 Å². The molecule has 2 heterocycles. The Bertz CT molecular complexity index is 1270. The number of carbonyl (C=O) groups is 2. The Kier molecular flexibility index (Phi) is 6.07. The van der Waals surface area contributed by atoms with Crippen molar-refractivity contribution in [2.24, 2.45) is 0 Å². The van der Waals surface area contributed by atoms with Crippen LogP contribution in [0.1, 0.15) is 44.6 Å². The van der Waals surface area contributed by atoms with Gasteiger partial charge in [0.05, 0.1) is 33.3 Å². The van der Waals surface area contributed by atoms with Gasteiger partial charge in [0.1, 0.15) is 5.75 Å². The van der Waals surface area contributed by atoms with Gasteiger partial charge in [-0.25, -0.2) is 0 Å². The Morgan fingerprint density at radius 3 is 2.37 bits per heavy atom. The first-order chi connectivity index (χ1) is 17.0. The third-order valence-corrected chi connectivity index (χ3v) is 6.94. The lowest BCUT2D eigenvalue weighted by molar-refractivity contribution is -0.124. The molecule has 1 N–H and O–H groups in total. The third kappa shape index (κ3) is 3.97. The summed E-state index contributed by atoms with van der Waals surface area (Å²) in [6, 6.07) is 18.7. The van der Waals surface area contributed by atoms with Gasteiger partial charge in [-0.05, 0) is 52.9 Å². The number of fused-ring (bicyclic) bond motifs is 4. The largest absolute Gasteiger partial charge is 0.497 e. The summed E-state index contributed by atoms with van der Waals surface area (Å²) in [5.74, 6) is 0.878. The molecule has 180 valence electrons. The van der Waals surface area contributed by atoms with Gasteiger partial charge in [0.25, 0.3) is 5.91 Å². The highest BCUT2D eigenvalue weighted by Crippen LogP contribution is 2.48. The smallest absolute Gasteiger partial charge is 0.254 e. The summed E-state index contributed by atoms with van der Waals surface area (Å²) < 4.78 is 16.2. The molecule has 0 aromatic heterocycles. The minimum Gasteiger partial charge on any atom is -0.497 e. The predicted octanol–water partition coefficient (Wildman–Crippen LogP) is 3.87. The monoisotopic (exact) mass is 472 g/mol. The summed E-state index contributed by atoms with van der Waals surface area (Å²) in [7, 11) is 4.71. The number of benzene rings is 3. The molecule has 0 fully saturated rings. The van der Waals surface area contributed by atoms with Crippen LogP contribution in [0.25, 0.3) is 0 Å². The summed E-state index contributed by atoms with van der Waals surface area (Å²) in [4.78, 5) is 29.3. The van der Waals surface area contributed by atoms with Crippen LogP contribution in [0.2, 0.25) is 0 Å². The van der Waals surface area contributed by atoms with Crippen LogP contribution in [0, 0.1) is 0 Å². The van der Waals surface area contributed by atoms with Crippen LogP contribution in [0.4, 0.5) is 0 Å². The van der Waals surface area contributed by atoms with Crippen molar-refractivity contribution >= 4 is 11.8 Å². The van der Waals surface area contributed by atoms with Gasteiger partial charge in [0.2, 0.25) is 5.91 Å². The molecule has 3 aromatic carbocycles. The van der Waals surface area contributed by atoms with Crippen LogP contribution in [-0.2, 0) is 17.8 Å². The van der Waals surface area contributed by atoms with E-state index in [1.807, 2.05) is 47.4 Å². The lowest BCUT2D eigenvalue weighted by Crippen LogP contribution is -2.50. The summed E-state index contributed by atoms with van der Waals surface area (Å²) in [6.07, 6.45) is 0.751. The van der Waals surface area contributed by atoms with Crippen molar-refractivity contribution in [3.05, 3.63) is 88.5 Å². The highest BCUT2D eigenvalue weighted by Gasteiger charge is 2.46. The van der Waals surface area contributed by atoms with Gasteiger partial charge in [-0.3, -0.25) is 9.59 Å². The van der Waals surface area contributed by atoms with Gasteiger partial charge >= 0.3 is 0 Å². The lowest BCUT2D eigenvalue weighted by atomic mass is 9.75. The van der Waals surface area contributed by atoms with Crippen molar-refractivity contribution in [3.8, 4) is 17.2 Å². The van der Waals surface area contributed by atoms with E-state index in [1.165, 1.54) is 12.7 Å². The summed E-state index contributed by atoms with van der Waals surface area (Å²) in [5, 5.41) is 3.10. The molecule has 2 amide bonds. The number of rotatable bonds is 6. The zero-order valence-corrected chi connectivity index (χ0v) is 20.0. The predicted molar refractivity (Wildman–Crippen MR) is 131 cm³/mol. The maximum atomic E-state index is 13.8. The molecular weight excluding hydrogens is 444 g/mol.